The average molecular weight is 564 g/mol. The third-order valence-corrected chi connectivity index (χ3v) is 12.3. The van der Waals surface area contributed by atoms with E-state index in [2.05, 4.69) is 43.8 Å². The van der Waals surface area contributed by atoms with Gasteiger partial charge < -0.3 is 14.3 Å². The van der Waals surface area contributed by atoms with Crippen LogP contribution in [0.25, 0.3) is 16.0 Å². The Kier molecular flexibility index (Phi) is 7.43. The van der Waals surface area contributed by atoms with Crippen LogP contribution < -0.4 is 4.74 Å². The summed E-state index contributed by atoms with van der Waals surface area (Å²) in [5, 5.41) is 10.3. The molecule has 0 aliphatic rings. The first-order chi connectivity index (χ1) is 17.7. The van der Waals surface area contributed by atoms with Gasteiger partial charge in [0.15, 0.2) is 13.2 Å². The second-order valence-corrected chi connectivity index (χ2v) is 16.2. The molecular weight excluding hydrogens is 535 g/mol. The van der Waals surface area contributed by atoms with Gasteiger partial charge in [0.1, 0.15) is 29.2 Å². The number of pyridine rings is 1. The van der Waals surface area contributed by atoms with E-state index in [4.69, 9.17) is 9.16 Å². The van der Waals surface area contributed by atoms with Crippen LogP contribution in [-0.2, 0) is 23.8 Å². The number of thiophene rings is 1. The van der Waals surface area contributed by atoms with E-state index in [0.717, 1.165) is 17.4 Å². The highest BCUT2D eigenvalue weighted by atomic mass is 32.1. The lowest BCUT2D eigenvalue weighted by Crippen LogP contribution is -2.40. The van der Waals surface area contributed by atoms with Gasteiger partial charge in [0.05, 0.1) is 29.6 Å². The lowest BCUT2D eigenvalue weighted by atomic mass is 10.1. The average Bonchev–Trinajstić information content (AvgIpc) is 3.44. The fourth-order valence-electron chi connectivity index (χ4n) is 3.49. The number of benzene rings is 1. The van der Waals surface area contributed by atoms with E-state index < -0.39 is 32.6 Å². The number of carbonyl (C=O) groups is 1. The number of aromatic carboxylic acids is 1. The van der Waals surface area contributed by atoms with E-state index in [9.17, 15) is 23.1 Å². The minimum atomic E-state index is -4.55. The van der Waals surface area contributed by atoms with Crippen LogP contribution in [0.3, 0.4) is 0 Å². The summed E-state index contributed by atoms with van der Waals surface area (Å²) in [5.41, 5.74) is 1.09. The zero-order valence-electron chi connectivity index (χ0n) is 21.6. The molecule has 4 aromatic rings. The molecule has 3 heterocycles. The van der Waals surface area contributed by atoms with Crippen LogP contribution in [0.5, 0.6) is 5.75 Å². The second kappa shape index (κ2) is 10.2. The molecular formula is C26H28F3N3O4SSi. The molecule has 0 fully saturated rings. The number of alkyl halides is 3. The van der Waals surface area contributed by atoms with E-state index in [1.165, 1.54) is 24.3 Å². The summed E-state index contributed by atoms with van der Waals surface area (Å²) in [6, 6.07) is 8.38. The first-order valence-corrected chi connectivity index (χ1v) is 15.5. The van der Waals surface area contributed by atoms with Gasteiger partial charge in [-0.15, -0.1) is 11.3 Å². The molecule has 0 atom stereocenters. The molecule has 4 rings (SSSR count). The number of imidazole rings is 1. The molecule has 12 heteroatoms. The van der Waals surface area contributed by atoms with Gasteiger partial charge in [-0.2, -0.15) is 13.2 Å². The van der Waals surface area contributed by atoms with Gasteiger partial charge in [-0.1, -0.05) is 39.0 Å². The number of nitrogens with zero attached hydrogens (tertiary/aromatic N) is 3. The summed E-state index contributed by atoms with van der Waals surface area (Å²) in [6.07, 6.45) is -1.37. The second-order valence-electron chi connectivity index (χ2n) is 10.4. The number of hydrogen-bond acceptors (Lipinski definition) is 6. The topological polar surface area (TPSA) is 86.5 Å². The SMILES string of the molecule is CC(C)(C)[Si](C)(C)OCc1cc2c(cn1)ncn2-c1cc(OCc2ccccc2C(F)(F)F)c(C(=O)O)s1. The van der Waals surface area contributed by atoms with E-state index in [1.54, 1.807) is 17.1 Å². The molecule has 0 amide bonds. The van der Waals surface area contributed by atoms with Gasteiger partial charge in [-0.05, 0) is 30.3 Å². The summed E-state index contributed by atoms with van der Waals surface area (Å²) >= 11 is 0.943. The van der Waals surface area contributed by atoms with Gasteiger partial charge >= 0.3 is 12.1 Å². The Morgan fingerprint density at radius 2 is 1.82 bits per heavy atom. The number of carboxylic acid groups (broad SMARTS) is 1. The van der Waals surface area contributed by atoms with E-state index >= 15 is 0 Å². The summed E-state index contributed by atoms with van der Waals surface area (Å²) in [6.45, 7) is 10.7. The Morgan fingerprint density at radius 3 is 2.47 bits per heavy atom. The number of ether oxygens (including phenoxy) is 1. The Labute approximate surface area is 223 Å². The number of hydrogen-bond donors (Lipinski definition) is 1. The molecule has 1 N–H and O–H groups in total. The highest BCUT2D eigenvalue weighted by Gasteiger charge is 2.37. The van der Waals surface area contributed by atoms with E-state index in [1.807, 2.05) is 6.07 Å². The molecule has 7 nitrogen and oxygen atoms in total. The normalized spacial score (nSPS) is 12.7. The van der Waals surface area contributed by atoms with E-state index in [-0.39, 0.29) is 21.2 Å². The third-order valence-electron chi connectivity index (χ3n) is 6.70. The maximum absolute atomic E-state index is 13.4. The molecule has 202 valence electrons. The molecule has 3 aromatic heterocycles. The van der Waals surface area contributed by atoms with Crippen molar-refractivity contribution < 1.29 is 32.2 Å². The van der Waals surface area contributed by atoms with Crippen LogP contribution in [0.15, 0.2) is 48.9 Å². The van der Waals surface area contributed by atoms with Crippen molar-refractivity contribution in [1.82, 2.24) is 14.5 Å². The quantitative estimate of drug-likeness (QED) is 0.226. The van der Waals surface area contributed by atoms with Gasteiger partial charge in [0.2, 0.25) is 0 Å². The molecule has 0 bridgehead atoms. The highest BCUT2D eigenvalue weighted by Crippen LogP contribution is 2.38. The van der Waals surface area contributed by atoms with Crippen molar-refractivity contribution in [2.45, 2.75) is 58.3 Å². The summed E-state index contributed by atoms with van der Waals surface area (Å²) in [7, 11) is -2.00. The minimum Gasteiger partial charge on any atom is -0.487 e. The van der Waals surface area contributed by atoms with Crippen LogP contribution in [0.4, 0.5) is 13.2 Å². The zero-order valence-corrected chi connectivity index (χ0v) is 23.4. The molecule has 0 aliphatic heterocycles. The first kappa shape index (κ1) is 27.8. The van der Waals surface area contributed by atoms with Crippen LogP contribution in [-0.4, -0.2) is 33.9 Å². The number of carboxylic acids is 1. The van der Waals surface area contributed by atoms with Crippen molar-refractivity contribution in [2.24, 2.45) is 0 Å². The fraction of sp³-hybridized carbons (Fsp3) is 0.346. The fourth-order valence-corrected chi connectivity index (χ4v) is 5.36. The van der Waals surface area contributed by atoms with Gasteiger partial charge in [-0.25, -0.2) is 9.78 Å². The standard InChI is InChI=1S/C26H28F3N3O4SSi/c1-25(2,3)38(4,5)36-14-17-10-20-19(12-30-17)31-15-32(20)22-11-21(23(37-22)24(33)34)35-13-16-8-6-7-9-18(16)26(27,28)29/h6-12,15H,13-14H2,1-5H3,(H,33,34). The molecule has 0 spiro atoms. The zero-order chi connectivity index (χ0) is 27.9. The molecule has 0 radical (unpaired) electrons. The predicted molar refractivity (Wildman–Crippen MR) is 141 cm³/mol. The van der Waals surface area contributed by atoms with Crippen molar-refractivity contribution in [3.8, 4) is 10.8 Å². The van der Waals surface area contributed by atoms with Crippen LogP contribution >= 0.6 is 11.3 Å². The number of rotatable bonds is 8. The monoisotopic (exact) mass is 563 g/mol. The molecule has 0 unspecified atom stereocenters. The van der Waals surface area contributed by atoms with Gasteiger partial charge in [-0.3, -0.25) is 9.55 Å². The van der Waals surface area contributed by atoms with Gasteiger partial charge in [0.25, 0.3) is 0 Å². The van der Waals surface area contributed by atoms with Crippen molar-refractivity contribution in [2.75, 3.05) is 0 Å². The Balaban J connectivity index is 1.63. The Bertz CT molecular complexity index is 1470. The molecule has 0 saturated heterocycles. The third kappa shape index (κ3) is 5.76. The van der Waals surface area contributed by atoms with Crippen LogP contribution in [0, 0.1) is 0 Å². The maximum atomic E-state index is 13.4. The summed E-state index contributed by atoms with van der Waals surface area (Å²) < 4.78 is 53.7. The minimum absolute atomic E-state index is 0.0214. The predicted octanol–water partition coefficient (Wildman–Crippen LogP) is 7.30. The van der Waals surface area contributed by atoms with Crippen LogP contribution in [0.1, 0.15) is 47.3 Å². The maximum Gasteiger partial charge on any atom is 0.416 e. The lowest BCUT2D eigenvalue weighted by molar-refractivity contribution is -0.138. The van der Waals surface area contributed by atoms with Crippen molar-refractivity contribution in [1.29, 1.82) is 0 Å². The Morgan fingerprint density at radius 1 is 1.11 bits per heavy atom. The van der Waals surface area contributed by atoms with Gasteiger partial charge in [0, 0.05) is 11.6 Å². The van der Waals surface area contributed by atoms with Crippen molar-refractivity contribution in [3.05, 3.63) is 70.6 Å². The van der Waals surface area contributed by atoms with Crippen molar-refractivity contribution >= 4 is 36.7 Å². The smallest absolute Gasteiger partial charge is 0.416 e. The largest absolute Gasteiger partial charge is 0.487 e. The number of fused-ring (bicyclic) bond motifs is 1. The summed E-state index contributed by atoms with van der Waals surface area (Å²) in [4.78, 5) is 20.6. The molecule has 1 aromatic carbocycles. The van der Waals surface area contributed by atoms with Crippen molar-refractivity contribution in [3.63, 3.8) is 0 Å². The Hall–Kier alpha value is -3.22. The highest BCUT2D eigenvalue weighted by molar-refractivity contribution is 7.16. The molecule has 0 aliphatic carbocycles. The van der Waals surface area contributed by atoms with E-state index in [0.29, 0.717) is 28.3 Å². The first-order valence-electron chi connectivity index (χ1n) is 11.8. The summed E-state index contributed by atoms with van der Waals surface area (Å²) in [5.74, 6) is -1.26. The molecule has 0 saturated carbocycles. The number of halogens is 3. The number of aromatic nitrogens is 3. The lowest BCUT2D eigenvalue weighted by Gasteiger charge is -2.36. The molecule has 38 heavy (non-hydrogen) atoms. The van der Waals surface area contributed by atoms with Crippen LogP contribution in [0.2, 0.25) is 18.1 Å².